The van der Waals surface area contributed by atoms with Crippen LogP contribution in [0.4, 0.5) is 0 Å². The average Bonchev–Trinajstić information content (AvgIpc) is 2.79. The highest BCUT2D eigenvalue weighted by molar-refractivity contribution is 8.00. The van der Waals surface area contributed by atoms with E-state index in [0.717, 1.165) is 5.16 Å². The van der Waals surface area contributed by atoms with Gasteiger partial charge in [0.2, 0.25) is 5.91 Å². The molecule has 0 saturated carbocycles. The first-order chi connectivity index (χ1) is 9.13. The van der Waals surface area contributed by atoms with Gasteiger partial charge < -0.3 is 19.9 Å². The summed E-state index contributed by atoms with van der Waals surface area (Å²) in [6.45, 7) is 4.79. The summed E-state index contributed by atoms with van der Waals surface area (Å²) < 4.78 is 7.07. The molecule has 2 N–H and O–H groups in total. The summed E-state index contributed by atoms with van der Waals surface area (Å²) >= 11 is 1.41. The maximum Gasteiger partial charge on any atom is 0.236 e. The normalized spacial score (nSPS) is 17.5. The van der Waals surface area contributed by atoms with E-state index >= 15 is 0 Å². The Labute approximate surface area is 116 Å². The quantitative estimate of drug-likeness (QED) is 0.759. The van der Waals surface area contributed by atoms with Gasteiger partial charge in [0, 0.05) is 20.1 Å². The van der Waals surface area contributed by atoms with Crippen LogP contribution >= 0.6 is 11.8 Å². The third kappa shape index (κ3) is 3.26. The van der Waals surface area contributed by atoms with Gasteiger partial charge in [-0.3, -0.25) is 4.79 Å². The largest absolute Gasteiger partial charge is 0.378 e. The van der Waals surface area contributed by atoms with Gasteiger partial charge in [-0.1, -0.05) is 11.8 Å². The SMILES string of the molecule is CC(Sc1nnc(CN)n1C)C(=O)N1CCOCC1. The maximum atomic E-state index is 12.3. The molecule has 1 fully saturated rings. The number of rotatable bonds is 4. The molecule has 1 aromatic heterocycles. The molecule has 1 aliphatic rings. The highest BCUT2D eigenvalue weighted by Crippen LogP contribution is 2.23. The van der Waals surface area contributed by atoms with Crippen molar-refractivity contribution in [3.8, 4) is 0 Å². The van der Waals surface area contributed by atoms with Crippen molar-refractivity contribution in [1.29, 1.82) is 0 Å². The zero-order valence-electron chi connectivity index (χ0n) is 11.2. The van der Waals surface area contributed by atoms with Gasteiger partial charge in [-0.2, -0.15) is 0 Å². The van der Waals surface area contributed by atoms with E-state index < -0.39 is 0 Å². The van der Waals surface area contributed by atoms with Crippen molar-refractivity contribution in [1.82, 2.24) is 19.7 Å². The molecule has 0 aliphatic carbocycles. The van der Waals surface area contributed by atoms with Crippen molar-refractivity contribution >= 4 is 17.7 Å². The summed E-state index contributed by atoms with van der Waals surface area (Å²) in [4.78, 5) is 14.1. The molecular formula is C11H19N5O2S. The fourth-order valence-corrected chi connectivity index (χ4v) is 2.79. The molecule has 1 amide bonds. The van der Waals surface area contributed by atoms with E-state index in [0.29, 0.717) is 38.7 Å². The molecule has 1 aliphatic heterocycles. The van der Waals surface area contributed by atoms with E-state index in [-0.39, 0.29) is 11.2 Å². The molecule has 1 aromatic rings. The molecule has 0 spiro atoms. The van der Waals surface area contributed by atoms with Crippen molar-refractivity contribution in [2.75, 3.05) is 26.3 Å². The van der Waals surface area contributed by atoms with Gasteiger partial charge in [0.15, 0.2) is 5.16 Å². The second-order valence-electron chi connectivity index (χ2n) is 4.36. The van der Waals surface area contributed by atoms with Crippen molar-refractivity contribution in [2.24, 2.45) is 12.8 Å². The molecule has 0 aromatic carbocycles. The van der Waals surface area contributed by atoms with Crippen LogP contribution in [0.3, 0.4) is 0 Å². The summed E-state index contributed by atoms with van der Waals surface area (Å²) in [7, 11) is 1.86. The minimum atomic E-state index is -0.188. The average molecular weight is 285 g/mol. The summed E-state index contributed by atoms with van der Waals surface area (Å²) in [5.41, 5.74) is 5.55. The van der Waals surface area contributed by atoms with Crippen LogP contribution in [0.25, 0.3) is 0 Å². The van der Waals surface area contributed by atoms with Crippen molar-refractivity contribution in [3.63, 3.8) is 0 Å². The Hall–Kier alpha value is -1.12. The third-order valence-corrected chi connectivity index (χ3v) is 4.18. The number of ether oxygens (including phenoxy) is 1. The molecule has 7 nitrogen and oxygen atoms in total. The van der Waals surface area contributed by atoms with E-state index in [2.05, 4.69) is 10.2 Å². The van der Waals surface area contributed by atoms with Crippen molar-refractivity contribution in [3.05, 3.63) is 5.82 Å². The number of aromatic nitrogens is 3. The lowest BCUT2D eigenvalue weighted by Crippen LogP contribution is -2.44. The van der Waals surface area contributed by atoms with E-state index in [1.807, 2.05) is 23.4 Å². The summed E-state index contributed by atoms with van der Waals surface area (Å²) in [6, 6.07) is 0. The molecule has 19 heavy (non-hydrogen) atoms. The van der Waals surface area contributed by atoms with Gasteiger partial charge in [0.25, 0.3) is 0 Å². The van der Waals surface area contributed by atoms with Crippen molar-refractivity contribution < 1.29 is 9.53 Å². The van der Waals surface area contributed by atoms with Crippen LogP contribution in [0.1, 0.15) is 12.7 Å². The standard InChI is InChI=1S/C11H19N5O2S/c1-8(10(17)16-3-5-18-6-4-16)19-11-14-13-9(7-12)15(11)2/h8H,3-7,12H2,1-2H3. The van der Waals surface area contributed by atoms with Crippen LogP contribution in [0.5, 0.6) is 0 Å². The summed E-state index contributed by atoms with van der Waals surface area (Å²) in [5.74, 6) is 0.833. The minimum Gasteiger partial charge on any atom is -0.378 e. The van der Waals surface area contributed by atoms with E-state index in [1.165, 1.54) is 11.8 Å². The molecule has 1 atom stereocenters. The van der Waals surface area contributed by atoms with Crippen LogP contribution in [0.2, 0.25) is 0 Å². The second-order valence-corrected chi connectivity index (χ2v) is 5.67. The first kappa shape index (κ1) is 14.3. The second kappa shape index (κ2) is 6.36. The molecule has 106 valence electrons. The number of carbonyl (C=O) groups is 1. The lowest BCUT2D eigenvalue weighted by atomic mass is 10.3. The summed E-state index contributed by atoms with van der Waals surface area (Å²) in [6.07, 6.45) is 0. The lowest BCUT2D eigenvalue weighted by molar-refractivity contribution is -0.134. The Balaban J connectivity index is 1.97. The number of amides is 1. The number of morpholine rings is 1. The van der Waals surface area contributed by atoms with Gasteiger partial charge >= 0.3 is 0 Å². The number of nitrogens with zero attached hydrogens (tertiary/aromatic N) is 4. The Morgan fingerprint density at radius 3 is 2.74 bits per heavy atom. The molecule has 2 rings (SSSR count). The predicted molar refractivity (Wildman–Crippen MR) is 71.6 cm³/mol. The van der Waals surface area contributed by atoms with Crippen LogP contribution in [0.15, 0.2) is 5.16 Å². The zero-order valence-corrected chi connectivity index (χ0v) is 12.0. The molecule has 8 heteroatoms. The van der Waals surface area contributed by atoms with E-state index in [9.17, 15) is 4.79 Å². The lowest BCUT2D eigenvalue weighted by Gasteiger charge is -2.28. The van der Waals surface area contributed by atoms with Gasteiger partial charge in [-0.05, 0) is 6.92 Å². The number of hydrogen-bond acceptors (Lipinski definition) is 6. The van der Waals surface area contributed by atoms with Gasteiger partial charge in [0.1, 0.15) is 5.82 Å². The van der Waals surface area contributed by atoms with E-state index in [1.54, 1.807) is 0 Å². The minimum absolute atomic E-state index is 0.116. The van der Waals surface area contributed by atoms with E-state index in [4.69, 9.17) is 10.5 Å². The number of thioether (sulfide) groups is 1. The fourth-order valence-electron chi connectivity index (χ4n) is 1.87. The molecule has 0 radical (unpaired) electrons. The van der Waals surface area contributed by atoms with Crippen molar-refractivity contribution in [2.45, 2.75) is 23.9 Å². The third-order valence-electron chi connectivity index (χ3n) is 3.06. The predicted octanol–water partition coefficient (Wildman–Crippen LogP) is -0.387. The van der Waals surface area contributed by atoms with Crippen LogP contribution < -0.4 is 5.73 Å². The number of carbonyl (C=O) groups excluding carboxylic acids is 1. The summed E-state index contributed by atoms with van der Waals surface area (Å²) in [5, 5.41) is 8.56. The van der Waals surface area contributed by atoms with Gasteiger partial charge in [-0.15, -0.1) is 10.2 Å². The zero-order chi connectivity index (χ0) is 13.8. The molecule has 2 heterocycles. The van der Waals surface area contributed by atoms with Crippen LogP contribution in [-0.2, 0) is 23.1 Å². The van der Waals surface area contributed by atoms with Crippen LogP contribution in [0, 0.1) is 0 Å². The Morgan fingerprint density at radius 1 is 1.47 bits per heavy atom. The highest BCUT2D eigenvalue weighted by atomic mass is 32.2. The monoisotopic (exact) mass is 285 g/mol. The molecule has 0 bridgehead atoms. The molecule has 1 saturated heterocycles. The molecule has 1 unspecified atom stereocenters. The topological polar surface area (TPSA) is 86.3 Å². The Morgan fingerprint density at radius 2 is 2.16 bits per heavy atom. The first-order valence-corrected chi connectivity index (χ1v) is 7.13. The fraction of sp³-hybridized carbons (Fsp3) is 0.727. The van der Waals surface area contributed by atoms with Crippen LogP contribution in [-0.4, -0.2) is 57.1 Å². The highest BCUT2D eigenvalue weighted by Gasteiger charge is 2.24. The van der Waals surface area contributed by atoms with Gasteiger partial charge in [-0.25, -0.2) is 0 Å². The Kier molecular flexibility index (Phi) is 4.78. The number of nitrogens with two attached hydrogens (primary N) is 1. The number of hydrogen-bond donors (Lipinski definition) is 1. The first-order valence-electron chi connectivity index (χ1n) is 6.25. The van der Waals surface area contributed by atoms with Gasteiger partial charge in [0.05, 0.1) is 25.0 Å². The maximum absolute atomic E-state index is 12.3. The molecular weight excluding hydrogens is 266 g/mol. The Bertz CT molecular complexity index is 444. The smallest absolute Gasteiger partial charge is 0.236 e.